The Morgan fingerprint density at radius 1 is 0.914 bits per heavy atom. The van der Waals surface area contributed by atoms with Gasteiger partial charge in [-0.3, -0.25) is 0 Å². The first-order valence-corrected chi connectivity index (χ1v) is 12.3. The van der Waals surface area contributed by atoms with Gasteiger partial charge in [-0.2, -0.15) is 4.98 Å². The highest BCUT2D eigenvalue weighted by Crippen LogP contribution is 2.38. The molecule has 176 valence electrons. The average molecular weight is 481 g/mol. The summed E-state index contributed by atoms with van der Waals surface area (Å²) in [5, 5.41) is 8.51. The van der Waals surface area contributed by atoms with Crippen molar-refractivity contribution in [3.63, 3.8) is 0 Å². The summed E-state index contributed by atoms with van der Waals surface area (Å²) in [6.45, 7) is 6.99. The van der Waals surface area contributed by atoms with E-state index in [1.54, 1.807) is 0 Å². The van der Waals surface area contributed by atoms with E-state index >= 15 is 0 Å². The lowest BCUT2D eigenvalue weighted by atomic mass is 9.94. The number of hydrogen-bond acceptors (Lipinski definition) is 4. The van der Waals surface area contributed by atoms with Gasteiger partial charge in [0.15, 0.2) is 5.11 Å². The Hall–Kier alpha value is -3.77. The van der Waals surface area contributed by atoms with Crippen molar-refractivity contribution in [3.8, 4) is 11.4 Å². The molecule has 5 rings (SSSR count). The van der Waals surface area contributed by atoms with E-state index in [0.717, 1.165) is 28.8 Å². The summed E-state index contributed by atoms with van der Waals surface area (Å²) in [6.07, 6.45) is 1.02. The maximum absolute atomic E-state index is 5.85. The molecular formula is C29H28N4OS. The van der Waals surface area contributed by atoms with E-state index < -0.39 is 0 Å². The van der Waals surface area contributed by atoms with Crippen LogP contribution in [0.5, 0.6) is 0 Å². The van der Waals surface area contributed by atoms with Crippen molar-refractivity contribution in [3.05, 3.63) is 113 Å². The van der Waals surface area contributed by atoms with E-state index in [1.807, 2.05) is 30.3 Å². The molecule has 0 radical (unpaired) electrons. The first kappa shape index (κ1) is 23.0. The van der Waals surface area contributed by atoms with E-state index in [9.17, 15) is 0 Å². The maximum atomic E-state index is 5.85. The minimum absolute atomic E-state index is 0.189. The summed E-state index contributed by atoms with van der Waals surface area (Å²) in [4.78, 5) is 6.91. The predicted molar refractivity (Wildman–Crippen MR) is 143 cm³/mol. The molecule has 35 heavy (non-hydrogen) atoms. The highest BCUT2D eigenvalue weighted by molar-refractivity contribution is 7.80. The van der Waals surface area contributed by atoms with Crippen LogP contribution in [0.1, 0.15) is 48.0 Å². The largest absolute Gasteiger partial charge is 0.351 e. The first-order valence-electron chi connectivity index (χ1n) is 11.9. The summed E-state index contributed by atoms with van der Waals surface area (Å²) < 4.78 is 5.84. The lowest BCUT2D eigenvalue weighted by Crippen LogP contribution is -2.45. The van der Waals surface area contributed by atoms with E-state index in [1.165, 1.54) is 16.7 Å². The zero-order valence-electron chi connectivity index (χ0n) is 20.2. The molecular weight excluding hydrogens is 452 g/mol. The minimum atomic E-state index is -0.189. The van der Waals surface area contributed by atoms with E-state index in [2.05, 4.69) is 84.7 Å². The second kappa shape index (κ2) is 9.84. The van der Waals surface area contributed by atoms with E-state index in [4.69, 9.17) is 21.7 Å². The lowest BCUT2D eigenvalue weighted by molar-refractivity contribution is 0.396. The normalized spacial score (nSPS) is 15.9. The summed E-state index contributed by atoms with van der Waals surface area (Å²) >= 11 is 5.85. The molecule has 0 saturated heterocycles. The highest BCUT2D eigenvalue weighted by Gasteiger charge is 2.34. The van der Waals surface area contributed by atoms with Gasteiger partial charge < -0.3 is 14.7 Å². The zero-order valence-corrected chi connectivity index (χ0v) is 21.0. The number of nitrogens with zero attached hydrogens (tertiary/aromatic N) is 3. The number of aromatic nitrogens is 2. The van der Waals surface area contributed by atoms with Crippen molar-refractivity contribution in [1.29, 1.82) is 0 Å². The molecule has 0 aliphatic carbocycles. The molecule has 1 atom stereocenters. The second-order valence-corrected chi connectivity index (χ2v) is 9.22. The number of benzene rings is 3. The fraction of sp³-hybridized carbons (Fsp3) is 0.207. The summed E-state index contributed by atoms with van der Waals surface area (Å²) in [6, 6.07) is 26.8. The molecule has 0 bridgehead atoms. The number of rotatable bonds is 6. The van der Waals surface area contributed by atoms with Gasteiger partial charge in [-0.15, -0.1) is 0 Å². The number of thiocarbonyl (C=S) groups is 1. The van der Waals surface area contributed by atoms with Crippen molar-refractivity contribution in [2.24, 2.45) is 0 Å². The van der Waals surface area contributed by atoms with Gasteiger partial charge >= 0.3 is 0 Å². The molecule has 1 unspecified atom stereocenters. The summed E-state index contributed by atoms with van der Waals surface area (Å²) in [7, 11) is 0. The molecule has 4 aromatic rings. The Labute approximate surface area is 211 Å². The molecule has 0 saturated carbocycles. The van der Waals surface area contributed by atoms with Crippen LogP contribution in [-0.2, 0) is 13.0 Å². The van der Waals surface area contributed by atoms with Gasteiger partial charge in [0.25, 0.3) is 5.89 Å². The molecule has 1 aliphatic rings. The molecule has 1 aromatic heterocycles. The Bertz CT molecular complexity index is 1360. The maximum Gasteiger partial charge on any atom is 0.258 e. The minimum Gasteiger partial charge on any atom is -0.351 e. The second-order valence-electron chi connectivity index (χ2n) is 8.84. The SMILES string of the molecule is CCc1ccc(CN2C(=S)NC(c3ccc(C)cc3)C(c3nc(-c4ccccc4)no3)=C2C)cc1. The molecule has 0 amide bonds. The quantitative estimate of drug-likeness (QED) is 0.319. The molecule has 2 heterocycles. The molecule has 1 N–H and O–H groups in total. The van der Waals surface area contributed by atoms with Crippen LogP contribution in [0.15, 0.2) is 89.1 Å². The fourth-order valence-corrected chi connectivity index (χ4v) is 4.68. The van der Waals surface area contributed by atoms with Gasteiger partial charge in [0.2, 0.25) is 5.82 Å². The predicted octanol–water partition coefficient (Wildman–Crippen LogP) is 6.47. The smallest absolute Gasteiger partial charge is 0.258 e. The van der Waals surface area contributed by atoms with Crippen LogP contribution in [0.2, 0.25) is 0 Å². The lowest BCUT2D eigenvalue weighted by Gasteiger charge is -2.37. The Kier molecular flexibility index (Phi) is 6.47. The number of nitrogens with one attached hydrogen (secondary N) is 1. The average Bonchev–Trinajstić information content (AvgIpc) is 3.37. The molecule has 0 spiro atoms. The number of hydrogen-bond donors (Lipinski definition) is 1. The molecule has 1 aliphatic heterocycles. The van der Waals surface area contributed by atoms with Gasteiger partial charge in [-0.05, 0) is 49.2 Å². The van der Waals surface area contributed by atoms with Crippen LogP contribution < -0.4 is 5.32 Å². The highest BCUT2D eigenvalue weighted by atomic mass is 32.1. The van der Waals surface area contributed by atoms with Crippen LogP contribution in [0.4, 0.5) is 0 Å². The fourth-order valence-electron chi connectivity index (χ4n) is 4.36. The number of aryl methyl sites for hydroxylation is 2. The van der Waals surface area contributed by atoms with Crippen LogP contribution in [0.25, 0.3) is 17.0 Å². The molecule has 5 nitrogen and oxygen atoms in total. The standard InChI is InChI=1S/C29H28N4OS/c1-4-21-12-14-22(15-13-21)18-33-20(3)25(26(30-29(33)35)23-16-10-19(2)11-17-23)28-31-27(32-34-28)24-8-6-5-7-9-24/h5-17,26H,4,18H2,1-3H3,(H,30,35). The van der Waals surface area contributed by atoms with Gasteiger partial charge in [-0.1, -0.05) is 96.5 Å². The summed E-state index contributed by atoms with van der Waals surface area (Å²) in [5.74, 6) is 1.06. The third kappa shape index (κ3) is 4.75. The van der Waals surface area contributed by atoms with E-state index in [-0.39, 0.29) is 6.04 Å². The van der Waals surface area contributed by atoms with Gasteiger partial charge in [-0.25, -0.2) is 0 Å². The third-order valence-electron chi connectivity index (χ3n) is 6.47. The summed E-state index contributed by atoms with van der Waals surface area (Å²) in [5.41, 5.74) is 7.66. The van der Waals surface area contributed by atoms with Crippen molar-refractivity contribution in [1.82, 2.24) is 20.4 Å². The van der Waals surface area contributed by atoms with Crippen LogP contribution in [0.3, 0.4) is 0 Å². The molecule has 6 heteroatoms. The zero-order chi connectivity index (χ0) is 24.4. The van der Waals surface area contributed by atoms with Crippen LogP contribution in [0, 0.1) is 6.92 Å². The Balaban J connectivity index is 1.57. The third-order valence-corrected chi connectivity index (χ3v) is 6.81. The molecule has 0 fully saturated rings. The topological polar surface area (TPSA) is 54.2 Å². The number of allylic oxidation sites excluding steroid dienone is 1. The van der Waals surface area contributed by atoms with Crippen molar-refractivity contribution in [2.75, 3.05) is 0 Å². The monoisotopic (exact) mass is 480 g/mol. The molecule has 3 aromatic carbocycles. The van der Waals surface area contributed by atoms with Crippen molar-refractivity contribution in [2.45, 2.75) is 39.8 Å². The first-order chi connectivity index (χ1) is 17.0. The Morgan fingerprint density at radius 2 is 1.60 bits per heavy atom. The van der Waals surface area contributed by atoms with E-state index in [0.29, 0.717) is 23.4 Å². The van der Waals surface area contributed by atoms with Gasteiger partial charge in [0, 0.05) is 17.8 Å². The van der Waals surface area contributed by atoms with Gasteiger partial charge in [0.1, 0.15) is 0 Å². The Morgan fingerprint density at radius 3 is 2.29 bits per heavy atom. The van der Waals surface area contributed by atoms with Gasteiger partial charge in [0.05, 0.1) is 11.6 Å². The van der Waals surface area contributed by atoms with Crippen LogP contribution in [-0.4, -0.2) is 20.2 Å². The van der Waals surface area contributed by atoms with Crippen LogP contribution >= 0.6 is 12.2 Å². The van der Waals surface area contributed by atoms with Crippen molar-refractivity contribution < 1.29 is 4.52 Å². The van der Waals surface area contributed by atoms with Crippen molar-refractivity contribution >= 4 is 22.9 Å².